The van der Waals surface area contributed by atoms with Gasteiger partial charge in [-0.25, -0.2) is 14.4 Å². The van der Waals surface area contributed by atoms with Gasteiger partial charge in [-0.05, 0) is 31.2 Å². The molecule has 0 aliphatic heterocycles. The van der Waals surface area contributed by atoms with Crippen LogP contribution < -0.4 is 9.61 Å². The van der Waals surface area contributed by atoms with E-state index in [0.29, 0.717) is 21.2 Å². The molecule has 1 rings (SSSR count). The van der Waals surface area contributed by atoms with Crippen molar-refractivity contribution < 1.29 is 18.6 Å². The van der Waals surface area contributed by atoms with Gasteiger partial charge in [0.25, 0.3) is 0 Å². The molecule has 0 aliphatic rings. The average Bonchev–Trinajstić information content (AvgIpc) is 2.47. The molecule has 0 amide bonds. The average molecular weight is 366 g/mol. The summed E-state index contributed by atoms with van der Waals surface area (Å²) in [6.07, 6.45) is 5.24. The first-order valence-corrected chi connectivity index (χ1v) is 10.2. The van der Waals surface area contributed by atoms with Crippen LogP contribution in [-0.2, 0) is 14.1 Å². The summed E-state index contributed by atoms with van der Waals surface area (Å²) in [6.45, 7) is -1.74. The highest BCUT2D eigenvalue weighted by Crippen LogP contribution is 2.57. The Morgan fingerprint density at radius 3 is 2.67 bits per heavy atom. The van der Waals surface area contributed by atoms with Crippen molar-refractivity contribution in [3.8, 4) is 18.1 Å². The van der Waals surface area contributed by atoms with Crippen LogP contribution in [0.3, 0.4) is 0 Å². The lowest BCUT2D eigenvalue weighted by atomic mass is 10.3. The van der Waals surface area contributed by atoms with Crippen LogP contribution in [-0.4, -0.2) is 18.6 Å². The van der Waals surface area contributed by atoms with Crippen molar-refractivity contribution in [2.45, 2.75) is 13.0 Å². The zero-order chi connectivity index (χ0) is 15.9. The quantitative estimate of drug-likeness (QED) is 0.253. The Morgan fingerprint density at radius 2 is 2.19 bits per heavy atom. The lowest BCUT2D eigenvalue weighted by Gasteiger charge is -2.20. The molecule has 1 aromatic rings. The van der Waals surface area contributed by atoms with E-state index in [4.69, 9.17) is 27.3 Å². The van der Waals surface area contributed by atoms with Crippen LogP contribution in [0.25, 0.3) is 0 Å². The minimum Gasteiger partial charge on any atom is -0.464 e. The van der Waals surface area contributed by atoms with Crippen LogP contribution >= 0.6 is 40.4 Å². The maximum atomic E-state index is 12.5. The Kier molecular flexibility index (Phi) is 7.50. The second kappa shape index (κ2) is 8.62. The van der Waals surface area contributed by atoms with E-state index in [1.807, 2.05) is 0 Å². The van der Waals surface area contributed by atoms with Crippen molar-refractivity contribution in [1.29, 1.82) is 0 Å². The normalized spacial score (nSPS) is 14.6. The Labute approximate surface area is 137 Å². The highest BCUT2D eigenvalue weighted by molar-refractivity contribution is 8.94. The first kappa shape index (κ1) is 18.3. The number of esters is 1. The van der Waals surface area contributed by atoms with Gasteiger partial charge in [0, 0.05) is 15.4 Å². The largest absolute Gasteiger partial charge is 0.464 e. The fourth-order valence-corrected chi connectivity index (χ4v) is 3.94. The maximum Gasteiger partial charge on any atom is 0.385 e. The first-order chi connectivity index (χ1) is 9.94. The second-order valence-corrected chi connectivity index (χ2v) is 9.04. The van der Waals surface area contributed by atoms with Crippen LogP contribution in [0.1, 0.15) is 6.92 Å². The third-order valence-corrected chi connectivity index (χ3v) is 6.74. The molecule has 2 unspecified atom stereocenters. The Bertz CT molecular complexity index is 576. The topological polar surface area (TPSA) is 64.6 Å². The number of carbonyl (C=O) groups is 1. The van der Waals surface area contributed by atoms with Crippen molar-refractivity contribution in [2.24, 2.45) is 0 Å². The van der Waals surface area contributed by atoms with E-state index in [1.165, 1.54) is 12.1 Å². The molecule has 0 heterocycles. The smallest absolute Gasteiger partial charge is 0.385 e. The molecule has 0 bridgehead atoms. The van der Waals surface area contributed by atoms with Gasteiger partial charge in [-0.3, -0.25) is 0 Å². The summed E-state index contributed by atoms with van der Waals surface area (Å²) in [4.78, 5) is 11.6. The van der Waals surface area contributed by atoms with Crippen LogP contribution in [0.15, 0.2) is 24.3 Å². The molecule has 21 heavy (non-hydrogen) atoms. The van der Waals surface area contributed by atoms with Crippen LogP contribution in [0, 0.1) is 12.3 Å². The van der Waals surface area contributed by atoms with Crippen molar-refractivity contribution in [2.75, 3.05) is 6.61 Å². The summed E-state index contributed by atoms with van der Waals surface area (Å²) in [5.41, 5.74) is 0. The molecular weight excluding hydrogens is 353 g/mol. The number of terminal acetylenes is 1. The summed E-state index contributed by atoms with van der Waals surface area (Å²) < 4.78 is 22.6. The molecule has 1 N–H and O–H groups in total. The number of ether oxygens (including phenoxy) is 1. The number of rotatable bonds is 7. The minimum absolute atomic E-state index is 0.162. The van der Waals surface area contributed by atoms with Gasteiger partial charge in [0.1, 0.15) is 5.75 Å². The molecule has 0 saturated heterocycles. The Balaban J connectivity index is 2.84. The van der Waals surface area contributed by atoms with Gasteiger partial charge >= 0.3 is 12.7 Å². The number of thiol groups is 1. The predicted molar refractivity (Wildman–Crippen MR) is 88.7 cm³/mol. The van der Waals surface area contributed by atoms with Gasteiger partial charge in [-0.15, -0.1) is 6.42 Å². The lowest BCUT2D eigenvalue weighted by Crippen LogP contribution is -2.35. The van der Waals surface area contributed by atoms with Gasteiger partial charge < -0.3 is 9.26 Å². The molecule has 0 aromatic heterocycles. The molecule has 0 fully saturated rings. The van der Waals surface area contributed by atoms with Crippen LogP contribution in [0.2, 0.25) is 5.02 Å². The number of benzene rings is 1. The maximum absolute atomic E-state index is 12.5. The van der Waals surface area contributed by atoms with Gasteiger partial charge in [0.2, 0.25) is 0 Å². The second-order valence-electron chi connectivity index (χ2n) is 3.61. The third kappa shape index (κ3) is 5.85. The van der Waals surface area contributed by atoms with Crippen molar-refractivity contribution in [3.63, 3.8) is 0 Å². The predicted octanol–water partition coefficient (Wildman–Crippen LogP) is 3.56. The van der Waals surface area contributed by atoms with Crippen LogP contribution in [0.5, 0.6) is 5.75 Å². The fourth-order valence-electron chi connectivity index (χ4n) is 1.24. The molecule has 1 aromatic carbocycles. The van der Waals surface area contributed by atoms with E-state index < -0.39 is 18.7 Å². The standard InChI is InChI=1S/C12H13ClNO4PS2/c1-3-11(12(15)17-4-2)14-19(16,21-20)18-10-7-5-9(13)6-8-10/h1,5-8,11,20H,4H2,2H3,(H,14,16). The molecule has 114 valence electrons. The Hall–Kier alpha value is -0.770. The van der Waals surface area contributed by atoms with E-state index in [0.717, 1.165) is 0 Å². The molecule has 0 spiro atoms. The van der Waals surface area contributed by atoms with Crippen molar-refractivity contribution in [1.82, 2.24) is 5.09 Å². The van der Waals surface area contributed by atoms with Gasteiger partial charge in [0.15, 0.2) is 6.04 Å². The van der Waals surface area contributed by atoms with Gasteiger partial charge in [-0.1, -0.05) is 29.2 Å². The minimum atomic E-state index is -3.54. The van der Waals surface area contributed by atoms with E-state index in [2.05, 4.69) is 22.7 Å². The number of hydrogen-bond acceptors (Lipinski definition) is 6. The highest BCUT2D eigenvalue weighted by atomic mass is 35.5. The summed E-state index contributed by atoms with van der Waals surface area (Å²) in [6, 6.07) is 5.04. The number of carbonyl (C=O) groups excluding carboxylic acids is 1. The summed E-state index contributed by atoms with van der Waals surface area (Å²) in [5, 5.41) is 2.96. The zero-order valence-corrected chi connectivity index (χ0v) is 14.3. The summed E-state index contributed by atoms with van der Waals surface area (Å²) in [7, 11) is 0.631. The van der Waals surface area contributed by atoms with Crippen molar-refractivity contribution >= 4 is 46.4 Å². The lowest BCUT2D eigenvalue weighted by molar-refractivity contribution is -0.143. The molecule has 9 heteroatoms. The van der Waals surface area contributed by atoms with Crippen molar-refractivity contribution in [3.05, 3.63) is 29.3 Å². The van der Waals surface area contributed by atoms with E-state index in [-0.39, 0.29) is 6.61 Å². The molecule has 0 saturated carbocycles. The Morgan fingerprint density at radius 1 is 1.57 bits per heavy atom. The monoisotopic (exact) mass is 365 g/mol. The molecule has 0 aliphatic carbocycles. The van der Waals surface area contributed by atoms with E-state index >= 15 is 0 Å². The SMILES string of the molecule is C#CC(NP(=O)(Oc1ccc(Cl)cc1)SS)C(=O)OCC. The molecule has 5 nitrogen and oxygen atoms in total. The zero-order valence-electron chi connectivity index (χ0n) is 11.0. The molecule has 0 radical (unpaired) electrons. The summed E-state index contributed by atoms with van der Waals surface area (Å²) >= 11 is 9.66. The first-order valence-electron chi connectivity index (χ1n) is 5.73. The van der Waals surface area contributed by atoms with E-state index in [1.54, 1.807) is 19.1 Å². The number of nitrogens with one attached hydrogen (secondary N) is 1. The number of halogens is 1. The van der Waals surface area contributed by atoms with E-state index in [9.17, 15) is 9.36 Å². The highest BCUT2D eigenvalue weighted by Gasteiger charge is 2.31. The molecular formula is C12H13ClNO4PS2. The fraction of sp³-hybridized carbons (Fsp3) is 0.250. The third-order valence-electron chi connectivity index (χ3n) is 2.12. The van der Waals surface area contributed by atoms with Gasteiger partial charge in [0.05, 0.1) is 6.61 Å². The van der Waals surface area contributed by atoms with Gasteiger partial charge in [-0.2, -0.15) is 0 Å². The molecule has 2 atom stereocenters. The summed E-state index contributed by atoms with van der Waals surface area (Å²) in [5.74, 6) is 1.76. The van der Waals surface area contributed by atoms with Crippen LogP contribution in [0.4, 0.5) is 0 Å². The number of hydrogen-bond donors (Lipinski definition) is 2.